The van der Waals surface area contributed by atoms with Gasteiger partial charge in [-0.05, 0) is 36.4 Å². The van der Waals surface area contributed by atoms with Crippen molar-refractivity contribution >= 4 is 17.6 Å². The first kappa shape index (κ1) is 15.1. The number of carbonyl (C=O) groups is 1. The van der Waals surface area contributed by atoms with Gasteiger partial charge in [-0.25, -0.2) is 9.78 Å². The van der Waals surface area contributed by atoms with Crippen LogP contribution in [0.2, 0.25) is 5.02 Å². The summed E-state index contributed by atoms with van der Waals surface area (Å²) in [4.78, 5) is 14.7. The highest BCUT2D eigenvalue weighted by atomic mass is 35.5. The van der Waals surface area contributed by atoms with Gasteiger partial charge in [0.1, 0.15) is 11.4 Å². The SMILES string of the molecule is O=C(O)c1ccc(Cl)c(-c2ccc(OC(F)(F)F)cc2)n1. The van der Waals surface area contributed by atoms with Gasteiger partial charge < -0.3 is 9.84 Å². The fourth-order valence-corrected chi connectivity index (χ4v) is 1.79. The molecule has 0 bridgehead atoms. The molecular formula is C13H7ClF3NO3. The van der Waals surface area contributed by atoms with Crippen LogP contribution in [-0.2, 0) is 0 Å². The predicted molar refractivity (Wildman–Crippen MR) is 68.3 cm³/mol. The molecule has 0 amide bonds. The zero-order valence-electron chi connectivity index (χ0n) is 10.2. The van der Waals surface area contributed by atoms with E-state index in [2.05, 4.69) is 9.72 Å². The van der Waals surface area contributed by atoms with Crippen LogP contribution in [0.4, 0.5) is 13.2 Å². The molecule has 21 heavy (non-hydrogen) atoms. The first-order valence-corrected chi connectivity index (χ1v) is 5.90. The van der Waals surface area contributed by atoms with Crippen LogP contribution in [0.25, 0.3) is 11.3 Å². The van der Waals surface area contributed by atoms with Crippen molar-refractivity contribution in [2.45, 2.75) is 6.36 Å². The van der Waals surface area contributed by atoms with E-state index < -0.39 is 18.1 Å². The van der Waals surface area contributed by atoms with Crippen LogP contribution in [0.1, 0.15) is 10.5 Å². The molecule has 0 fully saturated rings. The number of hydrogen-bond donors (Lipinski definition) is 1. The van der Waals surface area contributed by atoms with Gasteiger partial charge in [-0.15, -0.1) is 13.2 Å². The third-order valence-electron chi connectivity index (χ3n) is 2.43. The molecule has 2 rings (SSSR count). The number of hydrogen-bond acceptors (Lipinski definition) is 3. The molecule has 0 radical (unpaired) electrons. The minimum atomic E-state index is -4.78. The van der Waals surface area contributed by atoms with Gasteiger partial charge in [0, 0.05) is 5.56 Å². The first-order valence-electron chi connectivity index (χ1n) is 5.52. The Hall–Kier alpha value is -2.28. The smallest absolute Gasteiger partial charge is 0.477 e. The molecule has 1 N–H and O–H groups in total. The average Bonchev–Trinajstić information content (AvgIpc) is 2.38. The molecule has 0 saturated carbocycles. The van der Waals surface area contributed by atoms with Crippen molar-refractivity contribution in [3.63, 3.8) is 0 Å². The maximum atomic E-state index is 12.0. The van der Waals surface area contributed by atoms with Crippen LogP contribution in [-0.4, -0.2) is 22.4 Å². The van der Waals surface area contributed by atoms with Crippen molar-refractivity contribution in [3.05, 3.63) is 47.1 Å². The molecule has 4 nitrogen and oxygen atoms in total. The second kappa shape index (κ2) is 5.61. The van der Waals surface area contributed by atoms with E-state index in [1.807, 2.05) is 0 Å². The van der Waals surface area contributed by atoms with E-state index >= 15 is 0 Å². The fraction of sp³-hybridized carbons (Fsp3) is 0.0769. The topological polar surface area (TPSA) is 59.4 Å². The number of carboxylic acid groups (broad SMARTS) is 1. The molecule has 8 heteroatoms. The van der Waals surface area contributed by atoms with E-state index in [4.69, 9.17) is 16.7 Å². The lowest BCUT2D eigenvalue weighted by Crippen LogP contribution is -2.16. The third-order valence-corrected chi connectivity index (χ3v) is 2.73. The Morgan fingerprint density at radius 1 is 1.14 bits per heavy atom. The molecule has 0 aliphatic rings. The quantitative estimate of drug-likeness (QED) is 0.929. The molecule has 1 aromatic carbocycles. The summed E-state index contributed by atoms with van der Waals surface area (Å²) in [5.74, 6) is -1.62. The largest absolute Gasteiger partial charge is 0.573 e. The summed E-state index contributed by atoms with van der Waals surface area (Å²) in [6.45, 7) is 0. The minimum absolute atomic E-state index is 0.162. The van der Waals surface area contributed by atoms with Crippen LogP contribution in [0, 0.1) is 0 Å². The molecular weight excluding hydrogens is 311 g/mol. The Labute approximate surface area is 121 Å². The monoisotopic (exact) mass is 317 g/mol. The molecule has 0 spiro atoms. The highest BCUT2D eigenvalue weighted by Gasteiger charge is 2.31. The molecule has 110 valence electrons. The van der Waals surface area contributed by atoms with Crippen LogP contribution >= 0.6 is 11.6 Å². The molecule has 0 aliphatic heterocycles. The lowest BCUT2D eigenvalue weighted by atomic mass is 10.1. The third kappa shape index (κ3) is 3.85. The average molecular weight is 318 g/mol. The molecule has 2 aromatic rings. The van der Waals surface area contributed by atoms with Crippen molar-refractivity contribution in [2.75, 3.05) is 0 Å². The second-order valence-corrected chi connectivity index (χ2v) is 4.31. The Kier molecular flexibility index (Phi) is 4.04. The Morgan fingerprint density at radius 2 is 1.76 bits per heavy atom. The Bertz CT molecular complexity index is 671. The fourth-order valence-electron chi connectivity index (χ4n) is 1.58. The zero-order chi connectivity index (χ0) is 15.6. The molecule has 0 aliphatic carbocycles. The number of nitrogens with zero attached hydrogens (tertiary/aromatic N) is 1. The van der Waals surface area contributed by atoms with Crippen LogP contribution in [0.5, 0.6) is 5.75 Å². The van der Waals surface area contributed by atoms with Gasteiger partial charge in [0.25, 0.3) is 0 Å². The van der Waals surface area contributed by atoms with Crippen LogP contribution in [0.3, 0.4) is 0 Å². The summed E-state index contributed by atoms with van der Waals surface area (Å²) in [7, 11) is 0. The Morgan fingerprint density at radius 3 is 2.29 bits per heavy atom. The summed E-state index contributed by atoms with van der Waals surface area (Å²) < 4.78 is 39.9. The summed E-state index contributed by atoms with van der Waals surface area (Å²) in [6, 6.07) is 7.38. The number of carboxylic acids is 1. The van der Waals surface area contributed by atoms with Crippen LogP contribution in [0.15, 0.2) is 36.4 Å². The van der Waals surface area contributed by atoms with Crippen molar-refractivity contribution in [3.8, 4) is 17.0 Å². The van der Waals surface area contributed by atoms with Gasteiger partial charge in [-0.2, -0.15) is 0 Å². The van der Waals surface area contributed by atoms with Gasteiger partial charge in [-0.1, -0.05) is 11.6 Å². The number of aromatic carboxylic acids is 1. The summed E-state index contributed by atoms with van der Waals surface area (Å²) >= 11 is 5.91. The van der Waals surface area contributed by atoms with E-state index in [1.54, 1.807) is 0 Å². The van der Waals surface area contributed by atoms with E-state index in [9.17, 15) is 18.0 Å². The number of alkyl halides is 3. The summed E-state index contributed by atoms with van der Waals surface area (Å²) in [5, 5.41) is 9.05. The number of aromatic nitrogens is 1. The van der Waals surface area contributed by atoms with Crippen LogP contribution < -0.4 is 4.74 Å². The maximum absolute atomic E-state index is 12.0. The van der Waals surface area contributed by atoms with Crippen molar-refractivity contribution in [1.29, 1.82) is 0 Å². The van der Waals surface area contributed by atoms with E-state index in [1.165, 1.54) is 24.3 Å². The second-order valence-electron chi connectivity index (χ2n) is 3.90. The standard InChI is InChI=1S/C13H7ClF3NO3/c14-9-5-6-10(12(19)20)18-11(9)7-1-3-8(4-2-7)21-13(15,16)17/h1-6H,(H,19,20). The number of pyridine rings is 1. The lowest BCUT2D eigenvalue weighted by Gasteiger charge is -2.10. The number of ether oxygens (including phenoxy) is 1. The maximum Gasteiger partial charge on any atom is 0.573 e. The van der Waals surface area contributed by atoms with Crippen molar-refractivity contribution in [1.82, 2.24) is 4.98 Å². The molecule has 0 atom stereocenters. The van der Waals surface area contributed by atoms with Gasteiger partial charge in [0.2, 0.25) is 0 Å². The predicted octanol–water partition coefficient (Wildman–Crippen LogP) is 4.00. The molecule has 0 unspecified atom stereocenters. The number of benzene rings is 1. The number of halogens is 4. The molecule has 1 aromatic heterocycles. The van der Waals surface area contributed by atoms with Crippen molar-refractivity contribution in [2.24, 2.45) is 0 Å². The summed E-state index contributed by atoms with van der Waals surface area (Å²) in [5.41, 5.74) is 0.317. The van der Waals surface area contributed by atoms with Crippen molar-refractivity contribution < 1.29 is 27.8 Å². The Balaban J connectivity index is 2.34. The highest BCUT2D eigenvalue weighted by Crippen LogP contribution is 2.29. The minimum Gasteiger partial charge on any atom is -0.477 e. The van der Waals surface area contributed by atoms with Gasteiger partial charge in [0.15, 0.2) is 0 Å². The first-order chi connectivity index (χ1) is 9.76. The molecule has 1 heterocycles. The summed E-state index contributed by atoms with van der Waals surface area (Å²) in [6.07, 6.45) is -4.78. The normalized spacial score (nSPS) is 11.2. The van der Waals surface area contributed by atoms with Gasteiger partial charge in [0.05, 0.1) is 10.7 Å². The number of rotatable bonds is 3. The van der Waals surface area contributed by atoms with E-state index in [-0.39, 0.29) is 16.4 Å². The lowest BCUT2D eigenvalue weighted by molar-refractivity contribution is -0.274. The molecule has 0 saturated heterocycles. The van der Waals surface area contributed by atoms with Gasteiger partial charge >= 0.3 is 12.3 Å². The highest BCUT2D eigenvalue weighted by molar-refractivity contribution is 6.33. The van der Waals surface area contributed by atoms with E-state index in [0.717, 1.165) is 12.1 Å². The van der Waals surface area contributed by atoms with E-state index in [0.29, 0.717) is 5.56 Å². The zero-order valence-corrected chi connectivity index (χ0v) is 10.9. The van der Waals surface area contributed by atoms with Gasteiger partial charge in [-0.3, -0.25) is 0 Å².